The smallest absolute Gasteiger partial charge is 0.0963 e. The van der Waals surface area contributed by atoms with Crippen LogP contribution in [0, 0.1) is 6.92 Å². The van der Waals surface area contributed by atoms with Crippen molar-refractivity contribution in [2.24, 2.45) is 0 Å². The lowest BCUT2D eigenvalue weighted by atomic mass is 10.1. The summed E-state index contributed by atoms with van der Waals surface area (Å²) < 4.78 is 1.16. The number of benzene rings is 1. The van der Waals surface area contributed by atoms with Crippen LogP contribution in [-0.4, -0.2) is 13.1 Å². The number of hydrogen-bond donors (Lipinski definition) is 3. The number of halogens is 1. The Labute approximate surface area is 92.4 Å². The number of hydrogen-bond acceptors (Lipinski definition) is 3. The Morgan fingerprint density at radius 2 is 2.21 bits per heavy atom. The van der Waals surface area contributed by atoms with Gasteiger partial charge in [-0.25, -0.2) is 5.43 Å². The van der Waals surface area contributed by atoms with Crippen molar-refractivity contribution in [3.8, 4) is 0 Å². The number of hydrazine groups is 1. The summed E-state index contributed by atoms with van der Waals surface area (Å²) in [6.45, 7) is 4.06. The van der Waals surface area contributed by atoms with Crippen molar-refractivity contribution in [2.75, 3.05) is 13.1 Å². The van der Waals surface area contributed by atoms with E-state index in [4.69, 9.17) is 0 Å². The minimum Gasteiger partial charge on any atom is -0.296 e. The molecule has 3 N–H and O–H groups in total. The molecule has 1 aromatic rings. The molecule has 1 aromatic carbocycles. The van der Waals surface area contributed by atoms with Crippen LogP contribution in [-0.2, 0) is 0 Å². The molecule has 14 heavy (non-hydrogen) atoms. The highest BCUT2D eigenvalue weighted by Gasteiger charge is 2.13. The summed E-state index contributed by atoms with van der Waals surface area (Å²) in [4.78, 5) is 0. The Morgan fingerprint density at radius 3 is 2.86 bits per heavy atom. The predicted octanol–water partition coefficient (Wildman–Crippen LogP) is 1.45. The second kappa shape index (κ2) is 4.40. The molecule has 1 aliphatic heterocycles. The van der Waals surface area contributed by atoms with E-state index in [1.54, 1.807) is 0 Å². The van der Waals surface area contributed by atoms with Gasteiger partial charge in [-0.15, -0.1) is 0 Å². The lowest BCUT2D eigenvalue weighted by Gasteiger charge is -2.26. The van der Waals surface area contributed by atoms with Crippen molar-refractivity contribution in [1.29, 1.82) is 0 Å². The topological polar surface area (TPSA) is 36.1 Å². The van der Waals surface area contributed by atoms with E-state index < -0.39 is 0 Å². The van der Waals surface area contributed by atoms with Crippen LogP contribution in [0.2, 0.25) is 0 Å². The number of rotatable bonds is 1. The van der Waals surface area contributed by atoms with Gasteiger partial charge in [0, 0.05) is 17.6 Å². The normalized spacial score (nSPS) is 22.3. The Kier molecular flexibility index (Phi) is 3.18. The van der Waals surface area contributed by atoms with E-state index in [2.05, 4.69) is 57.2 Å². The third-order valence-corrected chi connectivity index (χ3v) is 3.25. The molecular formula is C10H14BrN3. The van der Waals surface area contributed by atoms with Crippen LogP contribution in [0.5, 0.6) is 0 Å². The highest BCUT2D eigenvalue weighted by molar-refractivity contribution is 9.10. The van der Waals surface area contributed by atoms with Gasteiger partial charge in [-0.1, -0.05) is 28.1 Å². The van der Waals surface area contributed by atoms with E-state index in [-0.39, 0.29) is 6.17 Å². The van der Waals surface area contributed by atoms with Crippen molar-refractivity contribution in [3.05, 3.63) is 33.8 Å². The molecule has 1 aliphatic rings. The molecule has 1 unspecified atom stereocenters. The molecule has 0 radical (unpaired) electrons. The predicted molar refractivity (Wildman–Crippen MR) is 60.8 cm³/mol. The van der Waals surface area contributed by atoms with E-state index in [0.717, 1.165) is 17.6 Å². The SMILES string of the molecule is Cc1cc(C2NCCNN2)ccc1Br. The molecule has 76 valence electrons. The lowest BCUT2D eigenvalue weighted by Crippen LogP contribution is -2.51. The van der Waals surface area contributed by atoms with Gasteiger partial charge < -0.3 is 0 Å². The van der Waals surface area contributed by atoms with Gasteiger partial charge in [-0.3, -0.25) is 10.7 Å². The summed E-state index contributed by atoms with van der Waals surface area (Å²) >= 11 is 3.50. The largest absolute Gasteiger partial charge is 0.296 e. The van der Waals surface area contributed by atoms with Gasteiger partial charge in [-0.05, 0) is 24.1 Å². The quantitative estimate of drug-likeness (QED) is 0.711. The standard InChI is InChI=1S/C10H14BrN3/c1-7-6-8(2-3-9(7)11)10-12-4-5-13-14-10/h2-3,6,10,12-14H,4-5H2,1H3. The Hall–Kier alpha value is -0.420. The molecule has 1 saturated heterocycles. The highest BCUT2D eigenvalue weighted by atomic mass is 79.9. The number of aryl methyl sites for hydroxylation is 1. The van der Waals surface area contributed by atoms with Crippen molar-refractivity contribution in [2.45, 2.75) is 13.1 Å². The van der Waals surface area contributed by atoms with E-state index >= 15 is 0 Å². The monoisotopic (exact) mass is 255 g/mol. The minimum absolute atomic E-state index is 0.218. The van der Waals surface area contributed by atoms with Gasteiger partial charge in [0.15, 0.2) is 0 Å². The molecular weight excluding hydrogens is 242 g/mol. The summed E-state index contributed by atoms with van der Waals surface area (Å²) in [7, 11) is 0. The lowest BCUT2D eigenvalue weighted by molar-refractivity contribution is 0.324. The molecule has 0 saturated carbocycles. The fourth-order valence-corrected chi connectivity index (χ4v) is 1.80. The zero-order valence-corrected chi connectivity index (χ0v) is 9.69. The minimum atomic E-state index is 0.218. The first-order valence-corrected chi connectivity index (χ1v) is 5.54. The highest BCUT2D eigenvalue weighted by Crippen LogP contribution is 2.20. The molecule has 0 aromatic heterocycles. The van der Waals surface area contributed by atoms with Gasteiger partial charge >= 0.3 is 0 Å². The summed E-state index contributed by atoms with van der Waals surface area (Å²) in [5.41, 5.74) is 8.87. The first-order chi connectivity index (χ1) is 6.77. The van der Waals surface area contributed by atoms with Gasteiger partial charge in [0.25, 0.3) is 0 Å². The summed E-state index contributed by atoms with van der Waals surface area (Å²) in [6.07, 6.45) is 0.218. The van der Waals surface area contributed by atoms with Crippen LogP contribution >= 0.6 is 15.9 Å². The molecule has 1 heterocycles. The van der Waals surface area contributed by atoms with Crippen LogP contribution in [0.3, 0.4) is 0 Å². The number of nitrogens with one attached hydrogen (secondary N) is 3. The maximum absolute atomic E-state index is 3.50. The van der Waals surface area contributed by atoms with Crippen molar-refractivity contribution >= 4 is 15.9 Å². The molecule has 4 heteroatoms. The van der Waals surface area contributed by atoms with Crippen molar-refractivity contribution in [1.82, 2.24) is 16.2 Å². The summed E-state index contributed by atoms with van der Waals surface area (Å²) in [6, 6.07) is 6.39. The zero-order chi connectivity index (χ0) is 9.97. The second-order valence-corrected chi connectivity index (χ2v) is 4.32. The molecule has 3 nitrogen and oxygen atoms in total. The Bertz CT molecular complexity index is 321. The van der Waals surface area contributed by atoms with Crippen LogP contribution < -0.4 is 16.2 Å². The van der Waals surface area contributed by atoms with Crippen molar-refractivity contribution in [3.63, 3.8) is 0 Å². The van der Waals surface area contributed by atoms with Crippen LogP contribution in [0.1, 0.15) is 17.3 Å². The van der Waals surface area contributed by atoms with Gasteiger partial charge in [0.05, 0.1) is 6.17 Å². The Balaban J connectivity index is 2.18. The first kappa shape index (κ1) is 10.1. The molecule has 0 amide bonds. The van der Waals surface area contributed by atoms with Crippen molar-refractivity contribution < 1.29 is 0 Å². The average molecular weight is 256 g/mol. The van der Waals surface area contributed by atoms with Crippen LogP contribution in [0.25, 0.3) is 0 Å². The van der Waals surface area contributed by atoms with Gasteiger partial charge in [0.1, 0.15) is 0 Å². The zero-order valence-electron chi connectivity index (χ0n) is 8.10. The third kappa shape index (κ3) is 2.15. The fraction of sp³-hybridized carbons (Fsp3) is 0.400. The maximum atomic E-state index is 3.50. The third-order valence-electron chi connectivity index (χ3n) is 2.36. The molecule has 0 bridgehead atoms. The molecule has 2 rings (SSSR count). The molecule has 0 aliphatic carbocycles. The van der Waals surface area contributed by atoms with E-state index in [0.29, 0.717) is 0 Å². The first-order valence-electron chi connectivity index (χ1n) is 4.75. The van der Waals surface area contributed by atoms with Crippen LogP contribution in [0.4, 0.5) is 0 Å². The molecule has 0 spiro atoms. The van der Waals surface area contributed by atoms with E-state index in [1.807, 2.05) is 0 Å². The van der Waals surface area contributed by atoms with Gasteiger partial charge in [0.2, 0.25) is 0 Å². The maximum Gasteiger partial charge on any atom is 0.0963 e. The summed E-state index contributed by atoms with van der Waals surface area (Å²) in [5.74, 6) is 0. The molecule has 1 atom stereocenters. The molecule has 1 fully saturated rings. The van der Waals surface area contributed by atoms with E-state index in [1.165, 1.54) is 11.1 Å². The van der Waals surface area contributed by atoms with Crippen LogP contribution in [0.15, 0.2) is 22.7 Å². The average Bonchev–Trinajstić information content (AvgIpc) is 2.23. The Morgan fingerprint density at radius 1 is 1.36 bits per heavy atom. The summed E-state index contributed by atoms with van der Waals surface area (Å²) in [5, 5.41) is 3.39. The van der Waals surface area contributed by atoms with E-state index in [9.17, 15) is 0 Å². The van der Waals surface area contributed by atoms with Gasteiger partial charge in [-0.2, -0.15) is 0 Å². The fourth-order valence-electron chi connectivity index (χ4n) is 1.55. The second-order valence-electron chi connectivity index (χ2n) is 3.47.